The maximum Gasteiger partial charge on any atom is 0.223 e. The predicted molar refractivity (Wildman–Crippen MR) is 474 cm³/mol. The first-order valence-electron chi connectivity index (χ1n) is 37.5. The minimum atomic E-state index is 0. The monoisotopic (exact) mass is 1540 g/mol. The molecule has 0 aliphatic carbocycles. The van der Waals surface area contributed by atoms with Gasteiger partial charge in [-0.2, -0.15) is 5.10 Å². The van der Waals surface area contributed by atoms with Crippen LogP contribution in [0.1, 0.15) is 277 Å². The molecule has 0 saturated heterocycles. The van der Waals surface area contributed by atoms with Crippen LogP contribution in [0, 0.1) is 34.6 Å². The Balaban J connectivity index is 0.000000345. The van der Waals surface area contributed by atoms with Crippen molar-refractivity contribution < 1.29 is 18.8 Å². The first-order valence-corrected chi connectivity index (χ1v) is 38.4. The Hall–Kier alpha value is -10.3. The van der Waals surface area contributed by atoms with Gasteiger partial charge in [0.05, 0.1) is 117 Å². The smallest absolute Gasteiger partial charge is 0.223 e. The third kappa shape index (κ3) is 23.7. The summed E-state index contributed by atoms with van der Waals surface area (Å²) in [7, 11) is 0. The summed E-state index contributed by atoms with van der Waals surface area (Å²) in [5.74, 6) is 5.84. The number of aryl methyl sites for hydroxylation is 7. The molecular formula is C93H134N14O4S. The first kappa shape index (κ1) is 95.9. The van der Waals surface area contributed by atoms with Gasteiger partial charge in [-0.25, -0.2) is 29.6 Å². The number of fused-ring (bicyclic) bond motifs is 3. The SMILES string of the molecule is C.C.C.C.C.C.CC(=O)N1CCc2nc(C(C)C)ccc21.CCOc1cc(C(C)C)ccc1-n1cnc(C)c1.CCOc1cc(C(C)C)ccc1-n1cnc(CC)c1.CCc1ncn(-c2ccc(C(C)C)cc2)n1.Cc1cn(-c2ccc(C(C)C)c3c(C)csc23)cn1.Cc1cn(-c2ccc(C(C)C)c3c(C)noc23)cn1. The second-order valence-electron chi connectivity index (χ2n) is 28.8. The number of benzene rings is 5. The number of carbonyl (C=O) groups excluding carboxylic acids is 1. The third-order valence-corrected chi connectivity index (χ3v) is 19.7. The van der Waals surface area contributed by atoms with Crippen molar-refractivity contribution in [2.45, 2.75) is 252 Å². The molecule has 1 aliphatic heterocycles. The van der Waals surface area contributed by atoms with Crippen molar-refractivity contribution in [3.8, 4) is 39.9 Å². The molecule has 8 aromatic heterocycles. The molecule has 606 valence electrons. The average molecular weight is 1540 g/mol. The van der Waals surface area contributed by atoms with Gasteiger partial charge >= 0.3 is 0 Å². The number of nitrogens with zero attached hydrogens (tertiary/aromatic N) is 14. The predicted octanol–water partition coefficient (Wildman–Crippen LogP) is 25.1. The highest BCUT2D eigenvalue weighted by atomic mass is 32.1. The minimum absolute atomic E-state index is 0. The van der Waals surface area contributed by atoms with Crippen molar-refractivity contribution >= 4 is 44.0 Å². The zero-order valence-corrected chi connectivity index (χ0v) is 67.3. The fourth-order valence-corrected chi connectivity index (χ4v) is 13.6. The van der Waals surface area contributed by atoms with E-state index in [-0.39, 0.29) is 50.5 Å². The van der Waals surface area contributed by atoms with Crippen LogP contribution in [0.15, 0.2) is 163 Å². The number of hydrogen-bond donors (Lipinski definition) is 0. The molecule has 0 unspecified atom stereocenters. The highest BCUT2D eigenvalue weighted by Crippen LogP contribution is 2.38. The number of aromatic nitrogens is 13. The van der Waals surface area contributed by atoms with Gasteiger partial charge in [0.2, 0.25) is 5.91 Å². The van der Waals surface area contributed by atoms with Crippen molar-refractivity contribution in [3.05, 3.63) is 238 Å². The van der Waals surface area contributed by atoms with E-state index in [4.69, 9.17) is 14.0 Å². The van der Waals surface area contributed by atoms with E-state index in [0.29, 0.717) is 48.7 Å². The Labute approximate surface area is 676 Å². The molecule has 112 heavy (non-hydrogen) atoms. The van der Waals surface area contributed by atoms with Crippen LogP contribution in [0.2, 0.25) is 0 Å². The Morgan fingerprint density at radius 3 is 1.40 bits per heavy atom. The van der Waals surface area contributed by atoms with Crippen LogP contribution in [0.25, 0.3) is 49.5 Å². The van der Waals surface area contributed by atoms with E-state index in [1.54, 1.807) is 24.5 Å². The Bertz CT molecular complexity index is 4870. The number of thiophene rings is 1. The van der Waals surface area contributed by atoms with Gasteiger partial charge in [0.25, 0.3) is 0 Å². The summed E-state index contributed by atoms with van der Waals surface area (Å²) in [5.41, 5.74) is 22.5. The van der Waals surface area contributed by atoms with Crippen LogP contribution >= 0.6 is 11.3 Å². The number of pyridine rings is 1. The molecule has 1 aliphatic rings. The van der Waals surface area contributed by atoms with Crippen LogP contribution in [-0.2, 0) is 24.1 Å². The van der Waals surface area contributed by atoms with Crippen LogP contribution in [-0.4, -0.2) is 88.8 Å². The number of anilines is 1. The Kier molecular flexibility index (Phi) is 37.8. The molecule has 0 atom stereocenters. The lowest BCUT2D eigenvalue weighted by Crippen LogP contribution is -2.25. The lowest BCUT2D eigenvalue weighted by Gasteiger charge is -2.14. The van der Waals surface area contributed by atoms with Crippen LogP contribution in [0.3, 0.4) is 0 Å². The number of carbonyl (C=O) groups is 1. The number of hydrogen-bond acceptors (Lipinski definition) is 13. The highest BCUT2D eigenvalue weighted by Gasteiger charge is 2.24. The second kappa shape index (κ2) is 44.1. The van der Waals surface area contributed by atoms with Gasteiger partial charge in [-0.1, -0.05) is 183 Å². The average Bonchev–Trinajstić information content (AvgIpc) is 1.61. The fourth-order valence-electron chi connectivity index (χ4n) is 12.5. The van der Waals surface area contributed by atoms with Crippen molar-refractivity contribution in [1.82, 2.24) is 63.1 Å². The Morgan fingerprint density at radius 2 is 0.955 bits per heavy atom. The molecular weight excluding hydrogens is 1410 g/mol. The van der Waals surface area contributed by atoms with Crippen LogP contribution in [0.5, 0.6) is 11.5 Å². The molecule has 19 heteroatoms. The Morgan fingerprint density at radius 1 is 0.491 bits per heavy atom. The molecule has 0 bridgehead atoms. The highest BCUT2D eigenvalue weighted by molar-refractivity contribution is 7.18. The number of ether oxygens (including phenoxy) is 2. The topological polar surface area (TPSA) is 180 Å². The number of amides is 1. The minimum Gasteiger partial charge on any atom is -0.492 e. The van der Waals surface area contributed by atoms with Gasteiger partial charge in [-0.15, -0.1) is 11.3 Å². The summed E-state index contributed by atoms with van der Waals surface area (Å²) < 4.78 is 28.4. The maximum atomic E-state index is 11.3. The van der Waals surface area contributed by atoms with Crippen LogP contribution in [0.4, 0.5) is 5.69 Å². The summed E-state index contributed by atoms with van der Waals surface area (Å²) >= 11 is 1.83. The van der Waals surface area contributed by atoms with E-state index in [1.807, 2.05) is 115 Å². The standard InChI is InChI=1S/C16H22N2O.C16H18N2S.C15H17N3O.C15H20N2O.C13H17N3.C12H16N2O.6CH4/c1-5-14-10-18(11-17-14)15-8-7-13(12(3)4)9-16(15)19-6-2;1-10(2)13-5-6-14(18-7-12(4)17-9-18)16-15(13)11(3)8-19-16;1-9(2)12-5-6-13(18-7-10(3)16-8-18)15-14(12)11(4)17-19-15;1-5-18-15-8-13(11(2)3)6-7-14(15)17-9-12(4)16-10-17;1-4-13-14-9-16(15-13)12-7-5-11(6-8-12)10(2)3;1-8(2)10-4-5-12-11(13-10)6-7-14(12)9(3)15;;;;;;/h7-12H,5-6H2,1-4H3;5-10H,1-4H3;5-9H,1-4H3;6-11H,5H2,1-4H3;5-10H,4H2,1-3H3;4-5,8H,6-7H2,1-3H3;6*1H4. The molecule has 0 fully saturated rings. The third-order valence-electron chi connectivity index (χ3n) is 18.6. The first-order chi connectivity index (χ1) is 50.7. The molecule has 0 N–H and O–H groups in total. The van der Waals surface area contributed by atoms with Gasteiger partial charge < -0.3 is 37.2 Å². The van der Waals surface area contributed by atoms with Gasteiger partial charge in [-0.3, -0.25) is 9.78 Å². The summed E-state index contributed by atoms with van der Waals surface area (Å²) in [5, 5.41) is 13.3. The van der Waals surface area contributed by atoms with Gasteiger partial charge in [0.1, 0.15) is 17.8 Å². The van der Waals surface area contributed by atoms with Gasteiger partial charge in [0.15, 0.2) is 11.4 Å². The lowest BCUT2D eigenvalue weighted by molar-refractivity contribution is -0.116. The van der Waals surface area contributed by atoms with Crippen molar-refractivity contribution in [3.63, 3.8) is 0 Å². The summed E-state index contributed by atoms with van der Waals surface area (Å²) in [6.07, 6.45) is 20.0. The zero-order chi connectivity index (χ0) is 76.6. The van der Waals surface area contributed by atoms with Crippen molar-refractivity contribution in [1.29, 1.82) is 0 Å². The molecule has 18 nitrogen and oxygen atoms in total. The second-order valence-corrected chi connectivity index (χ2v) is 29.6. The van der Waals surface area contributed by atoms with Crippen molar-refractivity contribution in [2.24, 2.45) is 0 Å². The quantitative estimate of drug-likeness (QED) is 0.0843. The summed E-state index contributed by atoms with van der Waals surface area (Å²) in [6, 6.07) is 34.0. The van der Waals surface area contributed by atoms with E-state index in [0.717, 1.165) is 122 Å². The van der Waals surface area contributed by atoms with E-state index >= 15 is 0 Å². The van der Waals surface area contributed by atoms with E-state index < -0.39 is 0 Å². The lowest BCUT2D eigenvalue weighted by atomic mass is 9.97. The molecule has 0 radical (unpaired) electrons. The summed E-state index contributed by atoms with van der Waals surface area (Å²) in [6.45, 7) is 48.4. The van der Waals surface area contributed by atoms with Gasteiger partial charge in [-0.05, 0) is 190 Å². The van der Waals surface area contributed by atoms with Gasteiger partial charge in [0, 0.05) is 62.2 Å². The summed E-state index contributed by atoms with van der Waals surface area (Å²) in [4.78, 5) is 39.2. The molecule has 1 amide bonds. The largest absolute Gasteiger partial charge is 0.492 e. The molecule has 14 rings (SSSR count). The number of rotatable bonds is 17. The van der Waals surface area contributed by atoms with E-state index in [2.05, 4.69) is 251 Å². The van der Waals surface area contributed by atoms with Crippen LogP contribution < -0.4 is 14.4 Å². The normalized spacial score (nSPS) is 11.1. The maximum absolute atomic E-state index is 11.3. The molecule has 0 saturated carbocycles. The van der Waals surface area contributed by atoms with E-state index in [1.165, 1.54) is 49.2 Å². The van der Waals surface area contributed by atoms with Crippen molar-refractivity contribution in [2.75, 3.05) is 24.7 Å². The molecule has 0 spiro atoms. The molecule has 9 heterocycles. The molecule has 13 aromatic rings. The van der Waals surface area contributed by atoms with E-state index in [9.17, 15) is 4.79 Å². The zero-order valence-electron chi connectivity index (χ0n) is 66.5. The fraction of sp³-hybridized carbons (Fsp3) is 0.430. The number of imidazole rings is 4. The molecule has 5 aromatic carbocycles.